The summed E-state index contributed by atoms with van der Waals surface area (Å²) in [5, 5.41) is 16.5. The maximum Gasteiger partial charge on any atom is 0.259 e. The van der Waals surface area contributed by atoms with Gasteiger partial charge in [-0.1, -0.05) is 63.7 Å². The van der Waals surface area contributed by atoms with Crippen LogP contribution in [-0.2, 0) is 16.0 Å². The molecule has 0 aliphatic heterocycles. The number of unbranched alkanes of at least 4 members (excludes halogenated alkanes) is 6. The minimum atomic E-state index is -0.411. The monoisotopic (exact) mass is 387 g/mol. The van der Waals surface area contributed by atoms with Crippen LogP contribution < -0.4 is 10.7 Å². The van der Waals surface area contributed by atoms with Gasteiger partial charge in [-0.05, 0) is 24.5 Å². The number of rotatable bonds is 14. The van der Waals surface area contributed by atoms with Gasteiger partial charge >= 0.3 is 0 Å². The second-order valence-electron chi connectivity index (χ2n) is 6.79. The minimum absolute atomic E-state index is 0.114. The predicted molar refractivity (Wildman–Crippen MR) is 113 cm³/mol. The van der Waals surface area contributed by atoms with Crippen LogP contribution in [0.1, 0.15) is 69.4 Å². The van der Waals surface area contributed by atoms with E-state index in [0.29, 0.717) is 18.4 Å². The first-order chi connectivity index (χ1) is 13.6. The average Bonchev–Trinajstić information content (AvgIpc) is 2.68. The van der Waals surface area contributed by atoms with Crippen molar-refractivity contribution in [3.63, 3.8) is 0 Å². The summed E-state index contributed by atoms with van der Waals surface area (Å²) in [6.45, 7) is 5.72. The highest BCUT2D eigenvalue weighted by Gasteiger charge is 2.06. The number of carbonyl (C=O) groups is 2. The van der Waals surface area contributed by atoms with Gasteiger partial charge < -0.3 is 10.4 Å². The van der Waals surface area contributed by atoms with Gasteiger partial charge in [-0.25, -0.2) is 5.43 Å². The van der Waals surface area contributed by atoms with Crippen molar-refractivity contribution in [3.05, 3.63) is 42.0 Å². The van der Waals surface area contributed by atoms with E-state index < -0.39 is 5.91 Å². The lowest BCUT2D eigenvalue weighted by Crippen LogP contribution is -2.34. The Morgan fingerprint density at radius 1 is 1.11 bits per heavy atom. The Bertz CT molecular complexity index is 656. The third kappa shape index (κ3) is 9.90. The fourth-order valence-electron chi connectivity index (χ4n) is 2.76. The van der Waals surface area contributed by atoms with Crippen molar-refractivity contribution in [3.8, 4) is 5.75 Å². The quantitative estimate of drug-likeness (QED) is 0.196. The number of aromatic hydroxyl groups is 1. The summed E-state index contributed by atoms with van der Waals surface area (Å²) in [4.78, 5) is 23.5. The highest BCUT2D eigenvalue weighted by Crippen LogP contribution is 2.21. The molecule has 6 nitrogen and oxygen atoms in total. The smallest absolute Gasteiger partial charge is 0.259 e. The number of hydrogen-bond acceptors (Lipinski definition) is 4. The first-order valence-electron chi connectivity index (χ1n) is 10.1. The summed E-state index contributed by atoms with van der Waals surface area (Å²) in [5.74, 6) is -0.420. The molecule has 6 heteroatoms. The molecule has 0 spiro atoms. The van der Waals surface area contributed by atoms with Crippen molar-refractivity contribution in [1.82, 2.24) is 10.7 Å². The number of hydrazone groups is 1. The van der Waals surface area contributed by atoms with Crippen LogP contribution in [0.5, 0.6) is 5.75 Å². The lowest BCUT2D eigenvalue weighted by molar-refractivity contribution is -0.126. The van der Waals surface area contributed by atoms with Gasteiger partial charge in [0.05, 0.1) is 12.8 Å². The molecule has 1 rings (SSSR count). The highest BCUT2D eigenvalue weighted by molar-refractivity contribution is 5.87. The molecule has 0 radical (unpaired) electrons. The second-order valence-corrected chi connectivity index (χ2v) is 6.79. The Balaban J connectivity index is 2.23. The molecule has 1 aromatic rings. The number of para-hydroxylation sites is 1. The second kappa shape index (κ2) is 14.4. The normalized spacial score (nSPS) is 10.8. The van der Waals surface area contributed by atoms with Crippen LogP contribution in [0.3, 0.4) is 0 Å². The van der Waals surface area contributed by atoms with E-state index in [9.17, 15) is 14.7 Å². The summed E-state index contributed by atoms with van der Waals surface area (Å²) < 4.78 is 0. The maximum absolute atomic E-state index is 11.8. The number of amides is 2. The number of phenols is 1. The Kier molecular flexibility index (Phi) is 12.1. The first-order valence-corrected chi connectivity index (χ1v) is 10.1. The minimum Gasteiger partial charge on any atom is -0.507 e. The molecule has 0 saturated carbocycles. The van der Waals surface area contributed by atoms with Crippen LogP contribution in [-0.4, -0.2) is 29.7 Å². The van der Waals surface area contributed by atoms with Crippen molar-refractivity contribution in [2.24, 2.45) is 5.10 Å². The summed E-state index contributed by atoms with van der Waals surface area (Å²) >= 11 is 0. The molecule has 0 aliphatic carbocycles. The van der Waals surface area contributed by atoms with E-state index in [1.165, 1.54) is 31.9 Å². The van der Waals surface area contributed by atoms with Gasteiger partial charge in [-0.15, -0.1) is 6.58 Å². The molecule has 2 amide bonds. The van der Waals surface area contributed by atoms with E-state index in [1.54, 1.807) is 24.3 Å². The molecule has 3 N–H and O–H groups in total. The summed E-state index contributed by atoms with van der Waals surface area (Å²) in [6, 6.07) is 5.29. The number of allylic oxidation sites excluding steroid dienone is 1. The van der Waals surface area contributed by atoms with Crippen molar-refractivity contribution >= 4 is 18.0 Å². The Hall–Kier alpha value is -2.63. The fourth-order valence-corrected chi connectivity index (χ4v) is 2.76. The number of nitrogens with one attached hydrogen (secondary N) is 2. The van der Waals surface area contributed by atoms with E-state index in [4.69, 9.17) is 0 Å². The number of nitrogens with zero attached hydrogens (tertiary/aromatic N) is 1. The SMILES string of the molecule is C=CCc1cccc(/C=N\NC(=O)CNC(=O)CCCCCCCCC)c1O. The molecule has 0 aromatic heterocycles. The standard InChI is InChI=1S/C22H33N3O3/c1-3-5-6-7-8-9-10-15-20(26)23-17-21(27)25-24-16-19-14-11-13-18(12-4-2)22(19)28/h4,11,13-14,16,28H,2-3,5-10,12,15,17H2,1H3,(H,23,26)(H,25,27)/b24-16-. The van der Waals surface area contributed by atoms with E-state index >= 15 is 0 Å². The maximum atomic E-state index is 11.8. The van der Waals surface area contributed by atoms with Gasteiger partial charge in [0, 0.05) is 12.0 Å². The molecule has 0 aliphatic rings. The zero-order valence-corrected chi connectivity index (χ0v) is 16.9. The van der Waals surface area contributed by atoms with Crippen LogP contribution in [0.25, 0.3) is 0 Å². The highest BCUT2D eigenvalue weighted by atomic mass is 16.3. The van der Waals surface area contributed by atoms with Gasteiger partial charge in [0.25, 0.3) is 5.91 Å². The lowest BCUT2D eigenvalue weighted by atomic mass is 10.1. The van der Waals surface area contributed by atoms with Crippen molar-refractivity contribution in [2.45, 2.75) is 64.7 Å². The molecular formula is C22H33N3O3. The average molecular weight is 388 g/mol. The molecule has 0 fully saturated rings. The first kappa shape index (κ1) is 23.4. The van der Waals surface area contributed by atoms with Crippen LogP contribution in [0.15, 0.2) is 36.0 Å². The third-order valence-corrected chi connectivity index (χ3v) is 4.36. The molecule has 0 unspecified atom stereocenters. The van der Waals surface area contributed by atoms with E-state index in [0.717, 1.165) is 24.8 Å². The van der Waals surface area contributed by atoms with E-state index in [-0.39, 0.29) is 18.2 Å². The Labute approximate surface area is 168 Å². The van der Waals surface area contributed by atoms with Crippen LogP contribution >= 0.6 is 0 Å². The molecule has 0 bridgehead atoms. The summed E-state index contributed by atoms with van der Waals surface area (Å²) in [5.41, 5.74) is 3.59. The topological polar surface area (TPSA) is 90.8 Å². The molecule has 154 valence electrons. The molecule has 1 aromatic carbocycles. The number of benzene rings is 1. The molecule has 0 atom stereocenters. The molecular weight excluding hydrogens is 354 g/mol. The summed E-state index contributed by atoms with van der Waals surface area (Å²) in [6.07, 6.45) is 12.1. The zero-order chi connectivity index (χ0) is 20.6. The fraction of sp³-hybridized carbons (Fsp3) is 0.500. The molecule has 28 heavy (non-hydrogen) atoms. The molecule has 0 saturated heterocycles. The van der Waals surface area contributed by atoms with Gasteiger partial charge in [0.15, 0.2) is 0 Å². The Morgan fingerprint density at radius 3 is 2.54 bits per heavy atom. The van der Waals surface area contributed by atoms with Gasteiger partial charge in [-0.2, -0.15) is 5.10 Å². The predicted octanol–water partition coefficient (Wildman–Crippen LogP) is 3.83. The summed E-state index contributed by atoms with van der Waals surface area (Å²) in [7, 11) is 0. The van der Waals surface area contributed by atoms with Crippen LogP contribution in [0.4, 0.5) is 0 Å². The van der Waals surface area contributed by atoms with Crippen molar-refractivity contribution < 1.29 is 14.7 Å². The lowest BCUT2D eigenvalue weighted by Gasteiger charge is -2.06. The van der Waals surface area contributed by atoms with Gasteiger partial charge in [-0.3, -0.25) is 9.59 Å². The number of hydrogen-bond donors (Lipinski definition) is 3. The Morgan fingerprint density at radius 2 is 1.82 bits per heavy atom. The number of phenolic OH excluding ortho intramolecular Hbond substituents is 1. The molecule has 0 heterocycles. The van der Waals surface area contributed by atoms with Crippen molar-refractivity contribution in [2.75, 3.05) is 6.54 Å². The third-order valence-electron chi connectivity index (χ3n) is 4.36. The zero-order valence-electron chi connectivity index (χ0n) is 16.9. The van der Waals surface area contributed by atoms with E-state index in [2.05, 4.69) is 29.3 Å². The largest absolute Gasteiger partial charge is 0.507 e. The van der Waals surface area contributed by atoms with Crippen LogP contribution in [0.2, 0.25) is 0 Å². The van der Waals surface area contributed by atoms with Gasteiger partial charge in [0.2, 0.25) is 5.91 Å². The number of carbonyl (C=O) groups excluding carboxylic acids is 2. The van der Waals surface area contributed by atoms with E-state index in [1.807, 2.05) is 0 Å². The van der Waals surface area contributed by atoms with Gasteiger partial charge in [0.1, 0.15) is 5.75 Å². The van der Waals surface area contributed by atoms with Crippen LogP contribution in [0, 0.1) is 0 Å². The van der Waals surface area contributed by atoms with Crippen molar-refractivity contribution in [1.29, 1.82) is 0 Å².